The van der Waals surface area contributed by atoms with Crippen molar-refractivity contribution in [2.75, 3.05) is 7.11 Å². The molecule has 0 atom stereocenters. The molecule has 4 nitrogen and oxygen atoms in total. The highest BCUT2D eigenvalue weighted by Gasteiger charge is 2.45. The first-order valence-electron chi connectivity index (χ1n) is 4.78. The van der Waals surface area contributed by atoms with E-state index in [1.807, 2.05) is 0 Å². The maximum absolute atomic E-state index is 11.2. The van der Waals surface area contributed by atoms with E-state index in [-0.39, 0.29) is 10.7 Å². The number of hydrogen-bond acceptors (Lipinski definition) is 4. The lowest BCUT2D eigenvalue weighted by atomic mass is 10.00. The molecule has 1 aliphatic carbocycles. The third-order valence-electron chi connectivity index (χ3n) is 2.74. The van der Waals surface area contributed by atoms with Gasteiger partial charge in [-0.2, -0.15) is 5.26 Å². The fourth-order valence-electron chi connectivity index (χ4n) is 1.54. The molecule has 0 aliphatic heterocycles. The molecule has 1 saturated carbocycles. The Bertz CT molecular complexity index is 489. The van der Waals surface area contributed by atoms with Crippen LogP contribution in [0.3, 0.4) is 0 Å². The van der Waals surface area contributed by atoms with Crippen molar-refractivity contribution in [2.45, 2.75) is 18.3 Å². The number of hydrogen-bond donors (Lipinski definition) is 0. The van der Waals surface area contributed by atoms with Gasteiger partial charge in [0.25, 0.3) is 0 Å². The Morgan fingerprint density at radius 2 is 2.38 bits per heavy atom. The van der Waals surface area contributed by atoms with Crippen molar-refractivity contribution in [2.24, 2.45) is 0 Å². The van der Waals surface area contributed by atoms with E-state index >= 15 is 0 Å². The van der Waals surface area contributed by atoms with Gasteiger partial charge in [0.2, 0.25) is 0 Å². The van der Waals surface area contributed by atoms with Crippen LogP contribution in [0.1, 0.15) is 28.9 Å². The normalized spacial score (nSPS) is 16.3. The number of halogens is 1. The van der Waals surface area contributed by atoms with Crippen LogP contribution >= 0.6 is 11.6 Å². The van der Waals surface area contributed by atoms with Crippen LogP contribution < -0.4 is 0 Å². The van der Waals surface area contributed by atoms with Crippen LogP contribution in [0, 0.1) is 11.3 Å². The molecule has 0 aromatic carbocycles. The van der Waals surface area contributed by atoms with Gasteiger partial charge in [-0.25, -0.2) is 9.78 Å². The number of nitrogens with zero attached hydrogens (tertiary/aromatic N) is 2. The summed E-state index contributed by atoms with van der Waals surface area (Å²) < 4.78 is 4.53. The van der Waals surface area contributed by atoms with Crippen molar-refractivity contribution in [1.29, 1.82) is 5.26 Å². The summed E-state index contributed by atoms with van der Waals surface area (Å²) in [4.78, 5) is 15.2. The second-order valence-electron chi connectivity index (χ2n) is 3.74. The van der Waals surface area contributed by atoms with Crippen molar-refractivity contribution in [3.05, 3.63) is 28.5 Å². The number of ether oxygens (including phenoxy) is 1. The van der Waals surface area contributed by atoms with E-state index in [0.29, 0.717) is 0 Å². The molecule has 16 heavy (non-hydrogen) atoms. The quantitative estimate of drug-likeness (QED) is 0.738. The summed E-state index contributed by atoms with van der Waals surface area (Å²) in [6, 6.07) is 3.87. The van der Waals surface area contributed by atoms with Gasteiger partial charge >= 0.3 is 5.97 Å². The van der Waals surface area contributed by atoms with E-state index in [9.17, 15) is 4.79 Å². The number of nitriles is 1. The molecule has 5 heteroatoms. The summed E-state index contributed by atoms with van der Waals surface area (Å²) in [6.45, 7) is 0. The third kappa shape index (κ3) is 1.63. The van der Waals surface area contributed by atoms with E-state index in [1.165, 1.54) is 13.3 Å². The van der Waals surface area contributed by atoms with E-state index in [0.717, 1.165) is 18.4 Å². The Hall–Kier alpha value is -1.60. The molecule has 82 valence electrons. The smallest absolute Gasteiger partial charge is 0.358 e. The number of carbonyl (C=O) groups excluding carboxylic acids is 1. The number of pyridine rings is 1. The molecule has 2 rings (SSSR count). The second kappa shape index (κ2) is 3.76. The number of carbonyl (C=O) groups is 1. The van der Waals surface area contributed by atoms with Crippen molar-refractivity contribution in [1.82, 2.24) is 4.98 Å². The topological polar surface area (TPSA) is 63.0 Å². The van der Waals surface area contributed by atoms with Crippen LogP contribution in [-0.4, -0.2) is 18.1 Å². The summed E-state index contributed by atoms with van der Waals surface area (Å²) in [7, 11) is 1.27. The molecule has 0 unspecified atom stereocenters. The largest absolute Gasteiger partial charge is 0.464 e. The Morgan fingerprint density at radius 3 is 2.81 bits per heavy atom. The average molecular weight is 237 g/mol. The first kappa shape index (κ1) is 10.9. The first-order valence-corrected chi connectivity index (χ1v) is 5.16. The van der Waals surface area contributed by atoms with Gasteiger partial charge in [0.15, 0.2) is 5.69 Å². The van der Waals surface area contributed by atoms with Crippen LogP contribution in [0.5, 0.6) is 0 Å². The minimum atomic E-state index is -0.571. The summed E-state index contributed by atoms with van der Waals surface area (Å²) in [6.07, 6.45) is 3.16. The second-order valence-corrected chi connectivity index (χ2v) is 4.15. The van der Waals surface area contributed by atoms with Crippen molar-refractivity contribution in [3.8, 4) is 6.07 Å². The molecular formula is C11H9ClN2O2. The van der Waals surface area contributed by atoms with Crippen molar-refractivity contribution >= 4 is 17.6 Å². The van der Waals surface area contributed by atoms with E-state index in [2.05, 4.69) is 15.8 Å². The maximum Gasteiger partial charge on any atom is 0.358 e. The molecule has 1 fully saturated rings. The van der Waals surface area contributed by atoms with Crippen molar-refractivity contribution in [3.63, 3.8) is 0 Å². The van der Waals surface area contributed by atoms with Gasteiger partial charge < -0.3 is 4.74 Å². The Morgan fingerprint density at radius 1 is 1.69 bits per heavy atom. The highest BCUT2D eigenvalue weighted by atomic mass is 35.5. The summed E-state index contributed by atoms with van der Waals surface area (Å²) in [5.41, 5.74) is 0.417. The van der Waals surface area contributed by atoms with Gasteiger partial charge in [-0.1, -0.05) is 11.6 Å². The van der Waals surface area contributed by atoms with Gasteiger partial charge in [-0.15, -0.1) is 0 Å². The molecular weight excluding hydrogens is 228 g/mol. The van der Waals surface area contributed by atoms with Crippen LogP contribution in [-0.2, 0) is 10.2 Å². The standard InChI is InChI=1S/C11H9ClN2O2/c1-16-10(15)9-8(12)4-7(5-14-9)11(6-13)2-3-11/h4-5H,2-3H2,1H3. The molecule has 0 N–H and O–H groups in total. The van der Waals surface area contributed by atoms with E-state index in [1.54, 1.807) is 6.07 Å². The number of methoxy groups -OCH3 is 1. The SMILES string of the molecule is COC(=O)c1ncc(C2(C#N)CC2)cc1Cl. The van der Waals surface area contributed by atoms with Gasteiger partial charge in [0.1, 0.15) is 0 Å². The monoisotopic (exact) mass is 236 g/mol. The lowest BCUT2D eigenvalue weighted by Crippen LogP contribution is -2.09. The molecule has 0 amide bonds. The molecule has 0 radical (unpaired) electrons. The predicted molar refractivity (Wildman–Crippen MR) is 57.1 cm³/mol. The molecule has 1 aromatic rings. The summed E-state index contributed by atoms with van der Waals surface area (Å²) in [5, 5.41) is 9.24. The minimum Gasteiger partial charge on any atom is -0.464 e. The Kier molecular flexibility index (Phi) is 2.56. The van der Waals surface area contributed by atoms with Gasteiger partial charge in [-0.05, 0) is 24.5 Å². The molecule has 0 saturated heterocycles. The summed E-state index contributed by atoms with van der Waals surface area (Å²) in [5.74, 6) is -0.571. The van der Waals surface area contributed by atoms with Crippen LogP contribution in [0.4, 0.5) is 0 Å². The fourth-order valence-corrected chi connectivity index (χ4v) is 1.78. The van der Waals surface area contributed by atoms with Gasteiger partial charge in [0.05, 0.1) is 23.6 Å². The van der Waals surface area contributed by atoms with Crippen LogP contribution in [0.2, 0.25) is 5.02 Å². The van der Waals surface area contributed by atoms with Gasteiger partial charge in [-0.3, -0.25) is 0 Å². The number of aromatic nitrogens is 1. The highest BCUT2D eigenvalue weighted by Crippen LogP contribution is 2.47. The zero-order chi connectivity index (χ0) is 11.8. The Labute approximate surface area is 97.8 Å². The van der Waals surface area contributed by atoms with Crippen LogP contribution in [0.15, 0.2) is 12.3 Å². The zero-order valence-corrected chi connectivity index (χ0v) is 9.41. The lowest BCUT2D eigenvalue weighted by Gasteiger charge is -2.07. The first-order chi connectivity index (χ1) is 7.63. The molecule has 1 aliphatic rings. The number of rotatable bonds is 2. The molecule has 1 heterocycles. The van der Waals surface area contributed by atoms with Crippen LogP contribution in [0.25, 0.3) is 0 Å². The molecule has 1 aromatic heterocycles. The number of esters is 1. The average Bonchev–Trinajstić information content (AvgIpc) is 3.09. The maximum atomic E-state index is 11.2. The van der Waals surface area contributed by atoms with Crippen molar-refractivity contribution < 1.29 is 9.53 Å². The Balaban J connectivity index is 2.38. The van der Waals surface area contributed by atoms with E-state index in [4.69, 9.17) is 16.9 Å². The highest BCUT2D eigenvalue weighted by molar-refractivity contribution is 6.33. The third-order valence-corrected chi connectivity index (χ3v) is 3.02. The predicted octanol–water partition coefficient (Wildman–Crippen LogP) is 2.08. The minimum absolute atomic E-state index is 0.0849. The molecule has 0 bridgehead atoms. The lowest BCUT2D eigenvalue weighted by molar-refractivity contribution is 0.0594. The van der Waals surface area contributed by atoms with E-state index < -0.39 is 11.4 Å². The fraction of sp³-hybridized carbons (Fsp3) is 0.364. The molecule has 0 spiro atoms. The summed E-state index contributed by atoms with van der Waals surface area (Å²) >= 11 is 5.92. The van der Waals surface area contributed by atoms with Gasteiger partial charge in [0, 0.05) is 6.20 Å². The zero-order valence-electron chi connectivity index (χ0n) is 8.66.